The van der Waals surface area contributed by atoms with Crippen molar-refractivity contribution >= 4 is 0 Å². The molecule has 60 valence electrons. The second-order valence-corrected chi connectivity index (χ2v) is 4.02. The Labute approximate surface area is 64.4 Å². The standard InChI is InChI=1S/C9H19N/c1-6(2)9-8(5)10(9)7(3)4/h6-9H,1-5H3/t8-,9+,10?/m0/s1. The van der Waals surface area contributed by atoms with Gasteiger partial charge >= 0.3 is 0 Å². The van der Waals surface area contributed by atoms with Crippen molar-refractivity contribution in [2.45, 2.75) is 52.7 Å². The zero-order valence-corrected chi connectivity index (χ0v) is 7.76. The van der Waals surface area contributed by atoms with Gasteiger partial charge in [-0.3, -0.25) is 4.90 Å². The van der Waals surface area contributed by atoms with Crippen molar-refractivity contribution in [3.8, 4) is 0 Å². The highest BCUT2D eigenvalue weighted by molar-refractivity contribution is 5.02. The summed E-state index contributed by atoms with van der Waals surface area (Å²) in [4.78, 5) is 2.57. The molecule has 1 unspecified atom stereocenters. The summed E-state index contributed by atoms with van der Waals surface area (Å²) in [5.41, 5.74) is 0. The van der Waals surface area contributed by atoms with Crippen LogP contribution in [0.15, 0.2) is 0 Å². The lowest BCUT2D eigenvalue weighted by molar-refractivity contribution is 0.372. The molecule has 1 rings (SSSR count). The first kappa shape index (κ1) is 8.06. The van der Waals surface area contributed by atoms with E-state index in [2.05, 4.69) is 39.5 Å². The van der Waals surface area contributed by atoms with Gasteiger partial charge in [0.05, 0.1) is 0 Å². The van der Waals surface area contributed by atoms with Crippen LogP contribution in [0.1, 0.15) is 34.6 Å². The first-order chi connectivity index (χ1) is 4.55. The van der Waals surface area contributed by atoms with Gasteiger partial charge in [-0.15, -0.1) is 0 Å². The quantitative estimate of drug-likeness (QED) is 0.532. The van der Waals surface area contributed by atoms with E-state index >= 15 is 0 Å². The van der Waals surface area contributed by atoms with Crippen molar-refractivity contribution in [3.05, 3.63) is 0 Å². The highest BCUT2D eigenvalue weighted by Crippen LogP contribution is 2.35. The Kier molecular flexibility index (Phi) is 2.04. The lowest BCUT2D eigenvalue weighted by atomic mass is 10.1. The van der Waals surface area contributed by atoms with E-state index in [1.807, 2.05) is 0 Å². The molecule has 3 atom stereocenters. The minimum absolute atomic E-state index is 0.738. The fraction of sp³-hybridized carbons (Fsp3) is 1.00. The molecule has 0 aromatic carbocycles. The van der Waals surface area contributed by atoms with Crippen LogP contribution in [-0.4, -0.2) is 23.0 Å². The molecule has 0 saturated carbocycles. The summed E-state index contributed by atoms with van der Waals surface area (Å²) in [6.45, 7) is 11.5. The van der Waals surface area contributed by atoms with Gasteiger partial charge in [0.25, 0.3) is 0 Å². The third-order valence-corrected chi connectivity index (χ3v) is 2.50. The zero-order valence-electron chi connectivity index (χ0n) is 7.76. The summed E-state index contributed by atoms with van der Waals surface area (Å²) in [6.07, 6.45) is 0. The summed E-state index contributed by atoms with van der Waals surface area (Å²) < 4.78 is 0. The largest absolute Gasteiger partial charge is 0.292 e. The van der Waals surface area contributed by atoms with Crippen LogP contribution in [0.25, 0.3) is 0 Å². The summed E-state index contributed by atoms with van der Waals surface area (Å²) in [7, 11) is 0. The van der Waals surface area contributed by atoms with E-state index in [1.165, 1.54) is 0 Å². The Morgan fingerprint density at radius 3 is 1.70 bits per heavy atom. The molecule has 1 saturated heterocycles. The molecule has 10 heavy (non-hydrogen) atoms. The van der Waals surface area contributed by atoms with E-state index < -0.39 is 0 Å². The minimum atomic E-state index is 0.738. The van der Waals surface area contributed by atoms with E-state index in [1.54, 1.807) is 0 Å². The third kappa shape index (κ3) is 1.20. The molecule has 0 N–H and O–H groups in total. The topological polar surface area (TPSA) is 3.01 Å². The fourth-order valence-corrected chi connectivity index (χ4v) is 2.11. The van der Waals surface area contributed by atoms with E-state index in [9.17, 15) is 0 Å². The van der Waals surface area contributed by atoms with Gasteiger partial charge in [0, 0.05) is 18.1 Å². The van der Waals surface area contributed by atoms with Crippen LogP contribution in [0.5, 0.6) is 0 Å². The van der Waals surface area contributed by atoms with Gasteiger partial charge in [0.1, 0.15) is 0 Å². The second kappa shape index (κ2) is 2.54. The Morgan fingerprint density at radius 1 is 1.10 bits per heavy atom. The molecule has 1 heteroatoms. The summed E-state index contributed by atoms with van der Waals surface area (Å²) in [5, 5.41) is 0. The number of hydrogen-bond acceptors (Lipinski definition) is 1. The Balaban J connectivity index is 2.41. The molecule has 0 amide bonds. The van der Waals surface area contributed by atoms with E-state index in [0.717, 1.165) is 24.0 Å². The SMILES string of the molecule is CC(C)[C@@H]1[C@H](C)N1C(C)C. The molecular formula is C9H19N. The second-order valence-electron chi connectivity index (χ2n) is 4.02. The van der Waals surface area contributed by atoms with Crippen LogP contribution in [0.4, 0.5) is 0 Å². The predicted octanol–water partition coefficient (Wildman–Crippen LogP) is 2.12. The van der Waals surface area contributed by atoms with Crippen molar-refractivity contribution in [2.24, 2.45) is 5.92 Å². The molecule has 1 heterocycles. The maximum absolute atomic E-state index is 2.57. The van der Waals surface area contributed by atoms with Gasteiger partial charge in [0.15, 0.2) is 0 Å². The molecule has 0 aliphatic carbocycles. The van der Waals surface area contributed by atoms with Gasteiger partial charge in [-0.05, 0) is 26.7 Å². The van der Waals surface area contributed by atoms with Crippen LogP contribution in [-0.2, 0) is 0 Å². The average molecular weight is 141 g/mol. The number of rotatable bonds is 2. The number of hydrogen-bond donors (Lipinski definition) is 0. The maximum atomic E-state index is 2.57. The monoisotopic (exact) mass is 141 g/mol. The molecule has 1 aliphatic rings. The molecule has 0 aromatic heterocycles. The summed E-state index contributed by atoms with van der Waals surface area (Å²) in [6, 6.07) is 2.43. The van der Waals surface area contributed by atoms with Crippen molar-refractivity contribution < 1.29 is 0 Å². The lowest BCUT2D eigenvalue weighted by Gasteiger charge is -2.08. The highest BCUT2D eigenvalue weighted by atomic mass is 15.4. The highest BCUT2D eigenvalue weighted by Gasteiger charge is 2.46. The molecule has 0 aromatic rings. The first-order valence-electron chi connectivity index (χ1n) is 4.33. The molecule has 0 spiro atoms. The zero-order chi connectivity index (χ0) is 7.89. The Morgan fingerprint density at radius 2 is 1.60 bits per heavy atom. The third-order valence-electron chi connectivity index (χ3n) is 2.50. The van der Waals surface area contributed by atoms with E-state index in [-0.39, 0.29) is 0 Å². The van der Waals surface area contributed by atoms with Crippen molar-refractivity contribution in [1.82, 2.24) is 4.90 Å². The molecule has 0 radical (unpaired) electrons. The van der Waals surface area contributed by atoms with Crippen LogP contribution in [0.3, 0.4) is 0 Å². The van der Waals surface area contributed by atoms with Crippen molar-refractivity contribution in [1.29, 1.82) is 0 Å². The van der Waals surface area contributed by atoms with Crippen LogP contribution in [0.2, 0.25) is 0 Å². The summed E-state index contributed by atoms with van der Waals surface area (Å²) >= 11 is 0. The van der Waals surface area contributed by atoms with E-state index in [0.29, 0.717) is 0 Å². The van der Waals surface area contributed by atoms with Crippen LogP contribution in [0, 0.1) is 5.92 Å². The lowest BCUT2D eigenvalue weighted by Crippen LogP contribution is -2.15. The molecular weight excluding hydrogens is 122 g/mol. The van der Waals surface area contributed by atoms with Gasteiger partial charge in [0.2, 0.25) is 0 Å². The maximum Gasteiger partial charge on any atom is 0.0278 e. The summed E-state index contributed by atoms with van der Waals surface area (Å²) in [5.74, 6) is 0.831. The average Bonchev–Trinajstić information content (AvgIpc) is 2.40. The fourth-order valence-electron chi connectivity index (χ4n) is 2.11. The normalized spacial score (nSPS) is 39.3. The molecule has 1 aliphatic heterocycles. The number of nitrogens with zero attached hydrogens (tertiary/aromatic N) is 1. The van der Waals surface area contributed by atoms with Gasteiger partial charge in [-0.2, -0.15) is 0 Å². The van der Waals surface area contributed by atoms with Gasteiger partial charge in [-0.25, -0.2) is 0 Å². The molecule has 1 fully saturated rings. The van der Waals surface area contributed by atoms with Crippen molar-refractivity contribution in [2.75, 3.05) is 0 Å². The minimum Gasteiger partial charge on any atom is -0.292 e. The van der Waals surface area contributed by atoms with Gasteiger partial charge < -0.3 is 0 Å². The van der Waals surface area contributed by atoms with Crippen molar-refractivity contribution in [3.63, 3.8) is 0 Å². The van der Waals surface area contributed by atoms with E-state index in [4.69, 9.17) is 0 Å². The van der Waals surface area contributed by atoms with Crippen LogP contribution < -0.4 is 0 Å². The smallest absolute Gasteiger partial charge is 0.0278 e. The van der Waals surface area contributed by atoms with Gasteiger partial charge in [-0.1, -0.05) is 13.8 Å². The van der Waals surface area contributed by atoms with Crippen LogP contribution >= 0.6 is 0 Å². The molecule has 0 bridgehead atoms. The first-order valence-corrected chi connectivity index (χ1v) is 4.33. The Bertz CT molecular complexity index is 104. The predicted molar refractivity (Wildman–Crippen MR) is 45.1 cm³/mol. The Hall–Kier alpha value is -0.0400. The molecule has 1 nitrogen and oxygen atoms in total.